The van der Waals surface area contributed by atoms with Gasteiger partial charge in [0, 0.05) is 44.5 Å². The van der Waals surface area contributed by atoms with Gasteiger partial charge in [-0.3, -0.25) is 9.80 Å². The Morgan fingerprint density at radius 1 is 1.12 bits per heavy atom. The maximum Gasteiger partial charge on any atom is 0.331 e. The Morgan fingerprint density at radius 2 is 1.88 bits per heavy atom. The third kappa shape index (κ3) is 5.51. The summed E-state index contributed by atoms with van der Waals surface area (Å²) in [6.07, 6.45) is 11.9. The second-order valence-electron chi connectivity index (χ2n) is 10.1. The average Bonchev–Trinajstić information content (AvgIpc) is 3.15. The monoisotopic (exact) mass is 472 g/mol. The lowest BCUT2D eigenvalue weighted by molar-refractivity contribution is -0.156. The third-order valence-electron chi connectivity index (χ3n) is 7.94. The highest BCUT2D eigenvalue weighted by Gasteiger charge is 2.45. The van der Waals surface area contributed by atoms with Crippen molar-refractivity contribution in [2.24, 2.45) is 0 Å². The van der Waals surface area contributed by atoms with Crippen molar-refractivity contribution in [3.05, 3.63) is 12.3 Å². The summed E-state index contributed by atoms with van der Waals surface area (Å²) in [6.45, 7) is 7.05. The van der Waals surface area contributed by atoms with Crippen LogP contribution >= 0.6 is 0 Å². The summed E-state index contributed by atoms with van der Waals surface area (Å²) in [6, 6.07) is 2.52. The van der Waals surface area contributed by atoms with Crippen molar-refractivity contribution in [2.45, 2.75) is 82.3 Å². The number of hydrogen-bond donors (Lipinski definition) is 2. The highest BCUT2D eigenvalue weighted by molar-refractivity contribution is 5.97. The summed E-state index contributed by atoms with van der Waals surface area (Å²) < 4.78 is 0. The van der Waals surface area contributed by atoms with E-state index < -0.39 is 11.5 Å². The summed E-state index contributed by atoms with van der Waals surface area (Å²) in [7, 11) is 0. The largest absolute Gasteiger partial charge is 0.480 e. The lowest BCUT2D eigenvalue weighted by Crippen LogP contribution is -2.62. The molecule has 9 nitrogen and oxygen atoms in total. The Labute approximate surface area is 202 Å². The van der Waals surface area contributed by atoms with Crippen LogP contribution in [0.15, 0.2) is 12.3 Å². The molecule has 0 radical (unpaired) electrons. The molecule has 3 atom stereocenters. The fraction of sp³-hybridized carbons (Fsp3) is 0.760. The van der Waals surface area contributed by atoms with Crippen LogP contribution in [0.1, 0.15) is 64.7 Å². The van der Waals surface area contributed by atoms with Gasteiger partial charge >= 0.3 is 5.97 Å². The summed E-state index contributed by atoms with van der Waals surface area (Å²) in [5, 5.41) is 13.4. The van der Waals surface area contributed by atoms with E-state index in [4.69, 9.17) is 4.98 Å². The molecule has 0 bridgehead atoms. The molecule has 1 aromatic rings. The molecule has 4 rings (SSSR count). The second kappa shape index (κ2) is 11.4. The third-order valence-corrected chi connectivity index (χ3v) is 7.94. The van der Waals surface area contributed by atoms with Crippen molar-refractivity contribution < 1.29 is 14.7 Å². The fourth-order valence-corrected chi connectivity index (χ4v) is 5.87. The number of rotatable bonds is 8. The van der Waals surface area contributed by atoms with Gasteiger partial charge in [0.25, 0.3) is 0 Å². The lowest BCUT2D eigenvalue weighted by atomic mass is 9.90. The average molecular weight is 473 g/mol. The molecule has 188 valence electrons. The molecular weight excluding hydrogens is 432 g/mol. The minimum Gasteiger partial charge on any atom is -0.480 e. The van der Waals surface area contributed by atoms with Gasteiger partial charge in [0.1, 0.15) is 5.82 Å². The molecule has 3 fully saturated rings. The van der Waals surface area contributed by atoms with Crippen molar-refractivity contribution in [3.63, 3.8) is 0 Å². The summed E-state index contributed by atoms with van der Waals surface area (Å²) >= 11 is 0. The number of anilines is 2. The maximum atomic E-state index is 12.0. The van der Waals surface area contributed by atoms with E-state index in [1.807, 2.05) is 17.2 Å². The highest BCUT2D eigenvalue weighted by Crippen LogP contribution is 2.28. The molecule has 0 aromatic carbocycles. The SMILES string of the molecule is CCC(C=O)(C(=O)O)N1CCCC(N2CCCC(Nc3nccc(N4CCCCCC4)n3)C2)C1. The minimum absolute atomic E-state index is 0.255. The summed E-state index contributed by atoms with van der Waals surface area (Å²) in [5.41, 5.74) is -1.41. The predicted molar refractivity (Wildman–Crippen MR) is 132 cm³/mol. The quantitative estimate of drug-likeness (QED) is 0.437. The van der Waals surface area contributed by atoms with Crippen LogP contribution < -0.4 is 10.2 Å². The molecule has 4 heterocycles. The zero-order valence-corrected chi connectivity index (χ0v) is 20.5. The fourth-order valence-electron chi connectivity index (χ4n) is 5.87. The Bertz CT molecular complexity index is 831. The van der Waals surface area contributed by atoms with E-state index in [-0.39, 0.29) is 18.5 Å². The van der Waals surface area contributed by atoms with E-state index >= 15 is 0 Å². The number of aliphatic carboxylic acids is 1. The van der Waals surface area contributed by atoms with Gasteiger partial charge in [-0.15, -0.1) is 0 Å². The van der Waals surface area contributed by atoms with Gasteiger partial charge in [0.2, 0.25) is 5.95 Å². The summed E-state index contributed by atoms with van der Waals surface area (Å²) in [4.78, 5) is 39.9. The van der Waals surface area contributed by atoms with Gasteiger partial charge in [0.15, 0.2) is 11.8 Å². The van der Waals surface area contributed by atoms with Crippen molar-refractivity contribution in [2.75, 3.05) is 49.5 Å². The van der Waals surface area contributed by atoms with Crippen LogP contribution in [0.2, 0.25) is 0 Å². The highest BCUT2D eigenvalue weighted by atomic mass is 16.4. The number of nitrogens with zero attached hydrogens (tertiary/aromatic N) is 5. The zero-order chi connectivity index (χ0) is 24.0. The number of carboxylic acid groups (broad SMARTS) is 1. The van der Waals surface area contributed by atoms with E-state index in [1.165, 1.54) is 25.7 Å². The molecule has 3 unspecified atom stereocenters. The minimum atomic E-state index is -1.41. The number of carboxylic acids is 1. The first-order valence-corrected chi connectivity index (χ1v) is 13.1. The van der Waals surface area contributed by atoms with E-state index in [1.54, 1.807) is 6.92 Å². The number of likely N-dealkylation sites (tertiary alicyclic amines) is 2. The predicted octanol–water partition coefficient (Wildman–Crippen LogP) is 2.63. The Morgan fingerprint density at radius 3 is 2.59 bits per heavy atom. The molecule has 0 aliphatic carbocycles. The van der Waals surface area contributed by atoms with Crippen molar-refractivity contribution >= 4 is 24.0 Å². The van der Waals surface area contributed by atoms with Gasteiger partial charge in [-0.05, 0) is 64.1 Å². The molecule has 0 spiro atoms. The Kier molecular flexibility index (Phi) is 8.37. The molecule has 3 aliphatic heterocycles. The molecule has 3 saturated heterocycles. The van der Waals surface area contributed by atoms with Crippen LogP contribution in [0.25, 0.3) is 0 Å². The molecular formula is C25H40N6O3. The number of hydrogen-bond acceptors (Lipinski definition) is 8. The van der Waals surface area contributed by atoms with E-state index in [9.17, 15) is 14.7 Å². The molecule has 3 aliphatic rings. The van der Waals surface area contributed by atoms with Crippen molar-refractivity contribution in [1.29, 1.82) is 0 Å². The molecule has 9 heteroatoms. The van der Waals surface area contributed by atoms with E-state index in [0.29, 0.717) is 25.3 Å². The number of aldehydes is 1. The smallest absolute Gasteiger partial charge is 0.331 e. The molecule has 0 saturated carbocycles. The Balaban J connectivity index is 1.38. The van der Waals surface area contributed by atoms with Gasteiger partial charge in [-0.25, -0.2) is 9.78 Å². The number of carbonyl (C=O) groups is 2. The van der Waals surface area contributed by atoms with Crippen molar-refractivity contribution in [3.8, 4) is 0 Å². The second-order valence-corrected chi connectivity index (χ2v) is 10.1. The normalized spacial score (nSPS) is 26.9. The summed E-state index contributed by atoms with van der Waals surface area (Å²) in [5.74, 6) is 0.661. The number of carbonyl (C=O) groups excluding carboxylic acids is 1. The first-order chi connectivity index (χ1) is 16.6. The topological polar surface area (TPSA) is 102 Å². The number of aromatic nitrogens is 2. The van der Waals surface area contributed by atoms with Crippen molar-refractivity contribution in [1.82, 2.24) is 19.8 Å². The Hall–Kier alpha value is -2.26. The van der Waals surface area contributed by atoms with E-state index in [0.717, 1.165) is 57.7 Å². The molecule has 34 heavy (non-hydrogen) atoms. The van der Waals surface area contributed by atoms with Crippen LogP contribution in [-0.2, 0) is 9.59 Å². The molecule has 2 N–H and O–H groups in total. The van der Waals surface area contributed by atoms with Gasteiger partial charge in [-0.2, -0.15) is 4.98 Å². The maximum absolute atomic E-state index is 12.0. The van der Waals surface area contributed by atoms with Gasteiger partial charge in [-0.1, -0.05) is 19.8 Å². The number of piperidine rings is 2. The van der Waals surface area contributed by atoms with Gasteiger partial charge in [0.05, 0.1) is 0 Å². The zero-order valence-electron chi connectivity index (χ0n) is 20.5. The first kappa shape index (κ1) is 24.9. The lowest BCUT2D eigenvalue weighted by Gasteiger charge is -2.46. The van der Waals surface area contributed by atoms with Gasteiger partial charge < -0.3 is 20.1 Å². The number of nitrogens with one attached hydrogen (secondary N) is 1. The standard InChI is InChI=1S/C25H40N6O3/c1-2-25(19-32,23(33)34)31-16-8-10-21(18-31)30-15-7-9-20(17-30)27-24-26-12-11-22(28-24)29-13-5-3-4-6-14-29/h11-12,19-21H,2-10,13-18H2,1H3,(H,33,34)(H,26,27,28). The van der Waals surface area contributed by atoms with E-state index in [2.05, 4.69) is 20.1 Å². The van der Waals surface area contributed by atoms with Crippen LogP contribution in [-0.4, -0.2) is 94.0 Å². The van der Waals surface area contributed by atoms with Crippen LogP contribution in [0.5, 0.6) is 0 Å². The van der Waals surface area contributed by atoms with Crippen LogP contribution in [0, 0.1) is 0 Å². The van der Waals surface area contributed by atoms with Crippen LogP contribution in [0.4, 0.5) is 11.8 Å². The molecule has 1 aromatic heterocycles. The van der Waals surface area contributed by atoms with Crippen LogP contribution in [0.3, 0.4) is 0 Å². The first-order valence-electron chi connectivity index (χ1n) is 13.1. The molecule has 0 amide bonds.